The Kier molecular flexibility index (Phi) is 4.27. The first-order valence-electron chi connectivity index (χ1n) is 8.06. The molecule has 0 aliphatic carbocycles. The van der Waals surface area contributed by atoms with E-state index in [0.717, 1.165) is 26.9 Å². The standard InChI is InChI=1S/C21H16N2OS/c24-21(18-10-3-7-15-6-1-2-9-17(15)18)23-14-16-8-4-12-22-20(16)19-11-5-13-25-19/h1-13H,14H2,(H,23,24). The van der Waals surface area contributed by atoms with Gasteiger partial charge in [-0.15, -0.1) is 11.3 Å². The van der Waals surface area contributed by atoms with Gasteiger partial charge in [-0.25, -0.2) is 0 Å². The molecule has 0 aliphatic heterocycles. The van der Waals surface area contributed by atoms with E-state index in [0.29, 0.717) is 12.1 Å². The third-order valence-corrected chi connectivity index (χ3v) is 5.00. The molecule has 2 aromatic heterocycles. The van der Waals surface area contributed by atoms with Gasteiger partial charge in [-0.05, 0) is 39.9 Å². The molecule has 0 saturated heterocycles. The van der Waals surface area contributed by atoms with Crippen LogP contribution in [0.3, 0.4) is 0 Å². The van der Waals surface area contributed by atoms with Crippen LogP contribution in [0.15, 0.2) is 78.3 Å². The number of pyridine rings is 1. The fourth-order valence-electron chi connectivity index (χ4n) is 2.91. The summed E-state index contributed by atoms with van der Waals surface area (Å²) in [6, 6.07) is 21.7. The van der Waals surface area contributed by atoms with Gasteiger partial charge in [0.25, 0.3) is 5.91 Å². The van der Waals surface area contributed by atoms with Crippen LogP contribution in [0.25, 0.3) is 21.3 Å². The average Bonchev–Trinajstić information content (AvgIpc) is 3.20. The number of hydrogen-bond acceptors (Lipinski definition) is 3. The van der Waals surface area contributed by atoms with Gasteiger partial charge in [0.1, 0.15) is 0 Å². The molecule has 0 unspecified atom stereocenters. The number of carbonyl (C=O) groups excluding carboxylic acids is 1. The minimum atomic E-state index is -0.0715. The molecule has 122 valence electrons. The summed E-state index contributed by atoms with van der Waals surface area (Å²) in [6.45, 7) is 0.448. The number of aromatic nitrogens is 1. The van der Waals surface area contributed by atoms with E-state index in [9.17, 15) is 4.79 Å². The Balaban J connectivity index is 1.59. The Morgan fingerprint density at radius 1 is 0.960 bits per heavy atom. The summed E-state index contributed by atoms with van der Waals surface area (Å²) in [4.78, 5) is 18.3. The highest BCUT2D eigenvalue weighted by molar-refractivity contribution is 7.13. The first-order chi connectivity index (χ1) is 12.3. The van der Waals surface area contributed by atoms with Crippen LogP contribution < -0.4 is 5.32 Å². The van der Waals surface area contributed by atoms with E-state index in [1.54, 1.807) is 17.5 Å². The Bertz CT molecular complexity index is 1020. The third kappa shape index (κ3) is 3.16. The molecule has 0 saturated carbocycles. The van der Waals surface area contributed by atoms with Gasteiger partial charge in [0, 0.05) is 18.3 Å². The van der Waals surface area contributed by atoms with Crippen molar-refractivity contribution in [2.45, 2.75) is 6.54 Å². The van der Waals surface area contributed by atoms with Crippen LogP contribution in [0.5, 0.6) is 0 Å². The van der Waals surface area contributed by atoms with Crippen molar-refractivity contribution in [1.29, 1.82) is 0 Å². The molecule has 0 aliphatic rings. The van der Waals surface area contributed by atoms with E-state index in [1.807, 2.05) is 72.1 Å². The number of nitrogens with zero attached hydrogens (tertiary/aromatic N) is 1. The first-order valence-corrected chi connectivity index (χ1v) is 8.94. The van der Waals surface area contributed by atoms with Crippen molar-refractivity contribution < 1.29 is 4.79 Å². The molecule has 2 heterocycles. The lowest BCUT2D eigenvalue weighted by molar-refractivity contribution is 0.0952. The molecule has 0 atom stereocenters. The molecular formula is C21H16N2OS. The molecule has 4 rings (SSSR count). The average molecular weight is 344 g/mol. The second-order valence-electron chi connectivity index (χ2n) is 5.70. The summed E-state index contributed by atoms with van der Waals surface area (Å²) >= 11 is 1.65. The van der Waals surface area contributed by atoms with Crippen LogP contribution in [0.1, 0.15) is 15.9 Å². The van der Waals surface area contributed by atoms with Gasteiger partial charge in [-0.2, -0.15) is 0 Å². The van der Waals surface area contributed by atoms with Gasteiger partial charge in [0.15, 0.2) is 0 Å². The van der Waals surface area contributed by atoms with Gasteiger partial charge in [-0.3, -0.25) is 9.78 Å². The largest absolute Gasteiger partial charge is 0.348 e. The Hall–Kier alpha value is -2.98. The summed E-state index contributed by atoms with van der Waals surface area (Å²) in [5.41, 5.74) is 2.63. The zero-order valence-electron chi connectivity index (χ0n) is 13.5. The fourth-order valence-corrected chi connectivity index (χ4v) is 3.67. The molecule has 4 heteroatoms. The van der Waals surface area contributed by atoms with Crippen molar-refractivity contribution in [2.24, 2.45) is 0 Å². The number of thiophene rings is 1. The molecule has 25 heavy (non-hydrogen) atoms. The molecule has 0 radical (unpaired) electrons. The highest BCUT2D eigenvalue weighted by atomic mass is 32.1. The lowest BCUT2D eigenvalue weighted by Gasteiger charge is -2.10. The van der Waals surface area contributed by atoms with Crippen molar-refractivity contribution in [3.05, 3.63) is 89.4 Å². The highest BCUT2D eigenvalue weighted by Gasteiger charge is 2.12. The summed E-state index contributed by atoms with van der Waals surface area (Å²) in [5.74, 6) is -0.0715. The van der Waals surface area contributed by atoms with E-state index < -0.39 is 0 Å². The number of hydrogen-bond donors (Lipinski definition) is 1. The number of nitrogens with one attached hydrogen (secondary N) is 1. The van der Waals surface area contributed by atoms with Gasteiger partial charge in [0.2, 0.25) is 0 Å². The van der Waals surface area contributed by atoms with Crippen molar-refractivity contribution >= 4 is 28.0 Å². The minimum absolute atomic E-state index is 0.0715. The maximum absolute atomic E-state index is 12.7. The van der Waals surface area contributed by atoms with Crippen molar-refractivity contribution in [3.8, 4) is 10.6 Å². The molecule has 4 aromatic rings. The predicted molar refractivity (Wildman–Crippen MR) is 103 cm³/mol. The molecule has 0 bridgehead atoms. The number of carbonyl (C=O) groups is 1. The van der Waals surface area contributed by atoms with Crippen molar-refractivity contribution in [1.82, 2.24) is 10.3 Å². The van der Waals surface area contributed by atoms with Gasteiger partial charge >= 0.3 is 0 Å². The van der Waals surface area contributed by atoms with Crippen LogP contribution in [0.4, 0.5) is 0 Å². The molecular weight excluding hydrogens is 328 g/mol. The smallest absolute Gasteiger partial charge is 0.252 e. The maximum Gasteiger partial charge on any atom is 0.252 e. The van der Waals surface area contributed by atoms with Crippen LogP contribution >= 0.6 is 11.3 Å². The van der Waals surface area contributed by atoms with E-state index in [4.69, 9.17) is 0 Å². The fraction of sp³-hybridized carbons (Fsp3) is 0.0476. The zero-order valence-corrected chi connectivity index (χ0v) is 14.3. The van der Waals surface area contributed by atoms with Gasteiger partial charge in [0.05, 0.1) is 10.6 Å². The van der Waals surface area contributed by atoms with E-state index in [1.165, 1.54) is 0 Å². The lowest BCUT2D eigenvalue weighted by atomic mass is 10.0. The van der Waals surface area contributed by atoms with E-state index in [-0.39, 0.29) is 5.91 Å². The monoisotopic (exact) mass is 344 g/mol. The number of amides is 1. The predicted octanol–water partition coefficient (Wildman–Crippen LogP) is 4.89. The molecule has 2 aromatic carbocycles. The quantitative estimate of drug-likeness (QED) is 0.572. The summed E-state index contributed by atoms with van der Waals surface area (Å²) in [5, 5.41) is 7.10. The van der Waals surface area contributed by atoms with Crippen LogP contribution in [-0.2, 0) is 6.54 Å². The van der Waals surface area contributed by atoms with Crippen LogP contribution in [0, 0.1) is 0 Å². The summed E-state index contributed by atoms with van der Waals surface area (Å²) in [7, 11) is 0. The lowest BCUT2D eigenvalue weighted by Crippen LogP contribution is -2.23. The SMILES string of the molecule is O=C(NCc1cccnc1-c1cccs1)c1cccc2ccccc12. The van der Waals surface area contributed by atoms with Crippen LogP contribution in [0.2, 0.25) is 0 Å². The normalized spacial score (nSPS) is 10.7. The number of fused-ring (bicyclic) bond motifs is 1. The van der Waals surface area contributed by atoms with Gasteiger partial charge in [-0.1, -0.05) is 48.5 Å². The summed E-state index contributed by atoms with van der Waals surface area (Å²) in [6.07, 6.45) is 1.78. The molecule has 1 amide bonds. The van der Waals surface area contributed by atoms with Crippen molar-refractivity contribution in [2.75, 3.05) is 0 Å². The summed E-state index contributed by atoms with van der Waals surface area (Å²) < 4.78 is 0. The molecule has 3 nitrogen and oxygen atoms in total. The zero-order chi connectivity index (χ0) is 17.1. The molecule has 0 fully saturated rings. The Morgan fingerprint density at radius 3 is 2.72 bits per heavy atom. The third-order valence-electron chi connectivity index (χ3n) is 4.12. The topological polar surface area (TPSA) is 42.0 Å². The number of benzene rings is 2. The first kappa shape index (κ1) is 15.5. The van der Waals surface area contributed by atoms with E-state index >= 15 is 0 Å². The van der Waals surface area contributed by atoms with Gasteiger partial charge < -0.3 is 5.32 Å². The van der Waals surface area contributed by atoms with Crippen molar-refractivity contribution in [3.63, 3.8) is 0 Å². The van der Waals surface area contributed by atoms with Crippen LogP contribution in [-0.4, -0.2) is 10.9 Å². The van der Waals surface area contributed by atoms with E-state index in [2.05, 4.69) is 10.3 Å². The molecule has 0 spiro atoms. The second-order valence-corrected chi connectivity index (χ2v) is 6.65. The highest BCUT2D eigenvalue weighted by Crippen LogP contribution is 2.26. The second kappa shape index (κ2) is 6.87. The molecule has 1 N–H and O–H groups in total. The Morgan fingerprint density at radius 2 is 1.84 bits per heavy atom. The minimum Gasteiger partial charge on any atom is -0.348 e. The maximum atomic E-state index is 12.7. The Labute approximate surface area is 150 Å². The number of rotatable bonds is 4.